The lowest BCUT2D eigenvalue weighted by atomic mass is 9.84. The van der Waals surface area contributed by atoms with Crippen molar-refractivity contribution < 1.29 is 4.79 Å². The number of amides is 1. The van der Waals surface area contributed by atoms with E-state index in [0.29, 0.717) is 18.5 Å². The van der Waals surface area contributed by atoms with Gasteiger partial charge in [-0.05, 0) is 44.4 Å². The van der Waals surface area contributed by atoms with Gasteiger partial charge in [-0.25, -0.2) is 0 Å². The maximum atomic E-state index is 11.7. The fourth-order valence-electron chi connectivity index (χ4n) is 3.35. The zero-order chi connectivity index (χ0) is 13.5. The van der Waals surface area contributed by atoms with Gasteiger partial charge in [0.05, 0.1) is 0 Å². The molecule has 3 nitrogen and oxygen atoms in total. The van der Waals surface area contributed by atoms with Gasteiger partial charge in [-0.2, -0.15) is 0 Å². The zero-order valence-corrected chi connectivity index (χ0v) is 12.2. The molecule has 3 heteroatoms. The third kappa shape index (κ3) is 5.52. The maximum Gasteiger partial charge on any atom is 0.220 e. The van der Waals surface area contributed by atoms with E-state index in [1.807, 2.05) is 0 Å². The SMILES string of the molecule is N[C@H](CCCC(=O)NC1CCC1)CC1CCCCC1. The van der Waals surface area contributed by atoms with Crippen molar-refractivity contribution in [2.24, 2.45) is 11.7 Å². The van der Waals surface area contributed by atoms with Crippen LogP contribution in [0.1, 0.15) is 77.0 Å². The molecule has 1 atom stereocenters. The predicted molar refractivity (Wildman–Crippen MR) is 78.8 cm³/mol. The standard InChI is InChI=1S/C16H30N2O/c17-14(12-13-6-2-1-3-7-13)8-4-11-16(19)18-15-9-5-10-15/h13-15H,1-12,17H2,(H,18,19)/t14-/m1/s1. The van der Waals surface area contributed by atoms with Gasteiger partial charge in [0.15, 0.2) is 0 Å². The number of hydrogen-bond donors (Lipinski definition) is 2. The van der Waals surface area contributed by atoms with E-state index in [1.165, 1.54) is 57.8 Å². The second kappa shape index (κ2) is 7.88. The first-order chi connectivity index (χ1) is 9.24. The van der Waals surface area contributed by atoms with E-state index in [2.05, 4.69) is 5.32 Å². The predicted octanol–water partition coefficient (Wildman–Crippen LogP) is 3.12. The largest absolute Gasteiger partial charge is 0.353 e. The lowest BCUT2D eigenvalue weighted by molar-refractivity contribution is -0.122. The van der Waals surface area contributed by atoms with Crippen LogP contribution in [0.4, 0.5) is 0 Å². The highest BCUT2D eigenvalue weighted by atomic mass is 16.1. The Morgan fingerprint density at radius 3 is 2.47 bits per heavy atom. The fraction of sp³-hybridized carbons (Fsp3) is 0.938. The van der Waals surface area contributed by atoms with Crippen LogP contribution in [0, 0.1) is 5.92 Å². The van der Waals surface area contributed by atoms with Gasteiger partial charge in [0.2, 0.25) is 5.91 Å². The van der Waals surface area contributed by atoms with Gasteiger partial charge in [-0.1, -0.05) is 32.1 Å². The van der Waals surface area contributed by atoms with Gasteiger partial charge in [0, 0.05) is 18.5 Å². The Hall–Kier alpha value is -0.570. The Kier molecular flexibility index (Phi) is 6.15. The smallest absolute Gasteiger partial charge is 0.220 e. The Morgan fingerprint density at radius 2 is 1.84 bits per heavy atom. The van der Waals surface area contributed by atoms with E-state index in [-0.39, 0.29) is 5.91 Å². The number of rotatable bonds is 7. The quantitative estimate of drug-likeness (QED) is 0.744. The molecule has 0 aromatic carbocycles. The molecule has 0 aliphatic heterocycles. The normalized spacial score (nSPS) is 22.8. The maximum absolute atomic E-state index is 11.7. The molecule has 2 aliphatic rings. The molecule has 2 rings (SSSR count). The van der Waals surface area contributed by atoms with Crippen molar-refractivity contribution in [3.8, 4) is 0 Å². The zero-order valence-electron chi connectivity index (χ0n) is 12.2. The molecule has 19 heavy (non-hydrogen) atoms. The molecule has 110 valence electrons. The topological polar surface area (TPSA) is 55.1 Å². The van der Waals surface area contributed by atoms with Crippen molar-refractivity contribution in [1.82, 2.24) is 5.32 Å². The monoisotopic (exact) mass is 266 g/mol. The Bertz CT molecular complexity index is 270. The van der Waals surface area contributed by atoms with E-state index >= 15 is 0 Å². The van der Waals surface area contributed by atoms with Crippen LogP contribution in [0.2, 0.25) is 0 Å². The molecule has 0 heterocycles. The number of carbonyl (C=O) groups is 1. The molecule has 0 unspecified atom stereocenters. The van der Waals surface area contributed by atoms with Crippen LogP contribution in [0.5, 0.6) is 0 Å². The summed E-state index contributed by atoms with van der Waals surface area (Å²) in [6.07, 6.45) is 14.3. The Morgan fingerprint density at radius 1 is 1.11 bits per heavy atom. The average molecular weight is 266 g/mol. The summed E-state index contributed by atoms with van der Waals surface area (Å²) >= 11 is 0. The summed E-state index contributed by atoms with van der Waals surface area (Å²) in [5.74, 6) is 1.09. The molecular formula is C16H30N2O. The van der Waals surface area contributed by atoms with Gasteiger partial charge < -0.3 is 11.1 Å². The van der Waals surface area contributed by atoms with Gasteiger partial charge in [0.25, 0.3) is 0 Å². The van der Waals surface area contributed by atoms with E-state index in [9.17, 15) is 4.79 Å². The summed E-state index contributed by atoms with van der Waals surface area (Å²) in [6, 6.07) is 0.781. The van der Waals surface area contributed by atoms with E-state index in [0.717, 1.165) is 18.8 Å². The number of carbonyl (C=O) groups excluding carboxylic acids is 1. The molecule has 0 aromatic heterocycles. The van der Waals surface area contributed by atoms with E-state index < -0.39 is 0 Å². The lowest BCUT2D eigenvalue weighted by Crippen LogP contribution is -2.39. The van der Waals surface area contributed by atoms with Crippen LogP contribution in [-0.2, 0) is 4.79 Å². The van der Waals surface area contributed by atoms with Gasteiger partial charge >= 0.3 is 0 Å². The van der Waals surface area contributed by atoms with Crippen molar-refractivity contribution >= 4 is 5.91 Å². The number of hydrogen-bond acceptors (Lipinski definition) is 2. The lowest BCUT2D eigenvalue weighted by Gasteiger charge is -2.26. The summed E-state index contributed by atoms with van der Waals surface area (Å²) in [5, 5.41) is 3.09. The molecule has 0 saturated heterocycles. The van der Waals surface area contributed by atoms with Crippen molar-refractivity contribution in [2.45, 2.75) is 89.1 Å². The summed E-state index contributed by atoms with van der Waals surface area (Å²) in [6.45, 7) is 0. The highest BCUT2D eigenvalue weighted by Crippen LogP contribution is 2.27. The molecule has 2 aliphatic carbocycles. The van der Waals surface area contributed by atoms with Crippen LogP contribution < -0.4 is 11.1 Å². The van der Waals surface area contributed by atoms with E-state index in [4.69, 9.17) is 5.73 Å². The number of nitrogens with two attached hydrogens (primary N) is 1. The summed E-state index contributed by atoms with van der Waals surface area (Å²) < 4.78 is 0. The fourth-order valence-corrected chi connectivity index (χ4v) is 3.35. The molecule has 0 spiro atoms. The molecular weight excluding hydrogens is 236 g/mol. The van der Waals surface area contributed by atoms with Crippen molar-refractivity contribution in [2.75, 3.05) is 0 Å². The average Bonchev–Trinajstić information content (AvgIpc) is 2.35. The van der Waals surface area contributed by atoms with Gasteiger partial charge in [0.1, 0.15) is 0 Å². The van der Waals surface area contributed by atoms with Crippen LogP contribution in [0.25, 0.3) is 0 Å². The molecule has 0 aromatic rings. The van der Waals surface area contributed by atoms with Crippen LogP contribution in [-0.4, -0.2) is 18.0 Å². The van der Waals surface area contributed by atoms with Crippen molar-refractivity contribution in [1.29, 1.82) is 0 Å². The summed E-state index contributed by atoms with van der Waals surface area (Å²) in [7, 11) is 0. The molecule has 0 radical (unpaired) electrons. The van der Waals surface area contributed by atoms with Crippen LogP contribution in [0.15, 0.2) is 0 Å². The van der Waals surface area contributed by atoms with Crippen LogP contribution >= 0.6 is 0 Å². The first kappa shape index (κ1) is 14.8. The Labute approximate surface area is 117 Å². The molecule has 3 N–H and O–H groups in total. The summed E-state index contributed by atoms with van der Waals surface area (Å²) in [5.41, 5.74) is 6.20. The second-order valence-electron chi connectivity index (χ2n) is 6.59. The van der Waals surface area contributed by atoms with Gasteiger partial charge in [-0.15, -0.1) is 0 Å². The first-order valence-electron chi connectivity index (χ1n) is 8.29. The molecule has 2 saturated carbocycles. The number of nitrogens with one attached hydrogen (secondary N) is 1. The minimum atomic E-state index is 0.231. The molecule has 1 amide bonds. The Balaban J connectivity index is 1.50. The molecule has 0 bridgehead atoms. The second-order valence-corrected chi connectivity index (χ2v) is 6.59. The molecule has 2 fully saturated rings. The third-order valence-electron chi connectivity index (χ3n) is 4.81. The minimum absolute atomic E-state index is 0.231. The first-order valence-corrected chi connectivity index (χ1v) is 8.29. The third-order valence-corrected chi connectivity index (χ3v) is 4.81. The van der Waals surface area contributed by atoms with Crippen LogP contribution in [0.3, 0.4) is 0 Å². The van der Waals surface area contributed by atoms with Crippen molar-refractivity contribution in [3.63, 3.8) is 0 Å². The van der Waals surface area contributed by atoms with E-state index in [1.54, 1.807) is 0 Å². The van der Waals surface area contributed by atoms with Gasteiger partial charge in [-0.3, -0.25) is 4.79 Å². The highest BCUT2D eigenvalue weighted by molar-refractivity contribution is 5.76. The highest BCUT2D eigenvalue weighted by Gasteiger charge is 2.20. The van der Waals surface area contributed by atoms with Crippen molar-refractivity contribution in [3.05, 3.63) is 0 Å². The minimum Gasteiger partial charge on any atom is -0.353 e. The summed E-state index contributed by atoms with van der Waals surface area (Å²) in [4.78, 5) is 11.7.